The standard InChI is InChI=1S/C14H18N6OS/c1-9-3-5-20(6-4-9)14-15-7-11(8-16-14)17-13(21)12-10(2)18-19-22-12/h7-9H,3-6H2,1-2H3,(H,17,21). The van der Waals surface area contributed by atoms with Gasteiger partial charge in [0.15, 0.2) is 0 Å². The van der Waals surface area contributed by atoms with Gasteiger partial charge in [0.1, 0.15) is 4.88 Å². The molecule has 116 valence electrons. The van der Waals surface area contributed by atoms with E-state index in [1.807, 2.05) is 0 Å². The number of amides is 1. The third-order valence-corrected chi connectivity index (χ3v) is 4.65. The van der Waals surface area contributed by atoms with E-state index in [2.05, 4.69) is 36.7 Å². The van der Waals surface area contributed by atoms with Crippen molar-refractivity contribution in [2.75, 3.05) is 23.3 Å². The van der Waals surface area contributed by atoms with E-state index in [0.717, 1.165) is 36.5 Å². The minimum atomic E-state index is -0.226. The normalized spacial score (nSPS) is 15.8. The molecule has 1 amide bonds. The zero-order valence-electron chi connectivity index (χ0n) is 12.6. The summed E-state index contributed by atoms with van der Waals surface area (Å²) in [5, 5.41) is 6.60. The number of carbonyl (C=O) groups excluding carboxylic acids is 1. The third-order valence-electron chi connectivity index (χ3n) is 3.82. The van der Waals surface area contributed by atoms with Gasteiger partial charge >= 0.3 is 0 Å². The van der Waals surface area contributed by atoms with Gasteiger partial charge in [-0.25, -0.2) is 9.97 Å². The van der Waals surface area contributed by atoms with E-state index < -0.39 is 0 Å². The first kappa shape index (κ1) is 14.8. The molecule has 0 unspecified atom stereocenters. The smallest absolute Gasteiger partial charge is 0.269 e. The van der Waals surface area contributed by atoms with Gasteiger partial charge in [-0.3, -0.25) is 4.79 Å². The Hall–Kier alpha value is -2.09. The highest BCUT2D eigenvalue weighted by molar-refractivity contribution is 7.08. The molecule has 0 radical (unpaired) electrons. The molecule has 3 rings (SSSR count). The molecule has 2 aromatic heterocycles. The Morgan fingerprint density at radius 1 is 1.32 bits per heavy atom. The van der Waals surface area contributed by atoms with Crippen molar-refractivity contribution >= 4 is 29.1 Å². The molecule has 1 saturated heterocycles. The van der Waals surface area contributed by atoms with Crippen LogP contribution in [0.25, 0.3) is 0 Å². The molecule has 0 spiro atoms. The van der Waals surface area contributed by atoms with Crippen LogP contribution in [0.4, 0.5) is 11.6 Å². The van der Waals surface area contributed by atoms with Crippen molar-refractivity contribution in [2.45, 2.75) is 26.7 Å². The molecule has 22 heavy (non-hydrogen) atoms. The molecule has 3 heterocycles. The number of rotatable bonds is 3. The van der Waals surface area contributed by atoms with Gasteiger partial charge in [0.05, 0.1) is 23.8 Å². The number of nitrogens with one attached hydrogen (secondary N) is 1. The van der Waals surface area contributed by atoms with E-state index in [1.165, 1.54) is 12.8 Å². The lowest BCUT2D eigenvalue weighted by Gasteiger charge is -2.30. The molecule has 1 aliphatic rings. The number of hydrogen-bond donors (Lipinski definition) is 1. The zero-order valence-corrected chi connectivity index (χ0v) is 13.4. The first-order chi connectivity index (χ1) is 10.6. The highest BCUT2D eigenvalue weighted by Gasteiger charge is 2.18. The summed E-state index contributed by atoms with van der Waals surface area (Å²) in [6.45, 7) is 6.00. The third kappa shape index (κ3) is 3.22. The minimum Gasteiger partial charge on any atom is -0.341 e. The molecule has 1 aliphatic heterocycles. The highest BCUT2D eigenvalue weighted by atomic mass is 32.1. The number of hydrogen-bond acceptors (Lipinski definition) is 7. The molecule has 8 heteroatoms. The second-order valence-corrected chi connectivity index (χ2v) is 6.34. The fourth-order valence-electron chi connectivity index (χ4n) is 2.39. The van der Waals surface area contributed by atoms with Crippen LogP contribution in [0.1, 0.15) is 35.1 Å². The largest absolute Gasteiger partial charge is 0.341 e. The Morgan fingerprint density at radius 3 is 2.59 bits per heavy atom. The van der Waals surface area contributed by atoms with Crippen molar-refractivity contribution in [3.8, 4) is 0 Å². The summed E-state index contributed by atoms with van der Waals surface area (Å²) in [5.41, 5.74) is 1.20. The molecule has 7 nitrogen and oxygen atoms in total. The van der Waals surface area contributed by atoms with Crippen molar-refractivity contribution in [2.24, 2.45) is 5.92 Å². The number of aromatic nitrogens is 4. The predicted molar refractivity (Wildman–Crippen MR) is 85.2 cm³/mol. The Kier molecular flexibility index (Phi) is 4.28. The van der Waals surface area contributed by atoms with E-state index in [4.69, 9.17) is 0 Å². The quantitative estimate of drug-likeness (QED) is 0.933. The molecule has 0 saturated carbocycles. The Balaban J connectivity index is 1.64. The van der Waals surface area contributed by atoms with Gasteiger partial charge in [-0.15, -0.1) is 5.10 Å². The van der Waals surface area contributed by atoms with Crippen LogP contribution in [0.15, 0.2) is 12.4 Å². The van der Waals surface area contributed by atoms with Gasteiger partial charge in [0.25, 0.3) is 5.91 Å². The Morgan fingerprint density at radius 2 is 2.00 bits per heavy atom. The second kappa shape index (κ2) is 6.35. The molecule has 0 aliphatic carbocycles. The van der Waals surface area contributed by atoms with E-state index in [0.29, 0.717) is 16.3 Å². The average Bonchev–Trinajstić information content (AvgIpc) is 2.95. The molecule has 0 bridgehead atoms. The molecule has 1 N–H and O–H groups in total. The summed E-state index contributed by atoms with van der Waals surface area (Å²) >= 11 is 1.08. The van der Waals surface area contributed by atoms with Crippen LogP contribution in [0.5, 0.6) is 0 Å². The predicted octanol–water partition coefficient (Wildman–Crippen LogP) is 2.13. The fourth-order valence-corrected chi connectivity index (χ4v) is 2.94. The molecule has 2 aromatic rings. The van der Waals surface area contributed by atoms with Crippen molar-refractivity contribution < 1.29 is 4.79 Å². The number of nitrogens with zero attached hydrogens (tertiary/aromatic N) is 5. The van der Waals surface area contributed by atoms with Crippen LogP contribution in [-0.2, 0) is 0 Å². The topological polar surface area (TPSA) is 83.9 Å². The maximum atomic E-state index is 12.1. The molecule has 0 atom stereocenters. The van der Waals surface area contributed by atoms with Gasteiger partial charge < -0.3 is 10.2 Å². The van der Waals surface area contributed by atoms with Gasteiger partial charge in [-0.1, -0.05) is 11.4 Å². The zero-order chi connectivity index (χ0) is 15.5. The molecule has 1 fully saturated rings. The van der Waals surface area contributed by atoms with Crippen LogP contribution < -0.4 is 10.2 Å². The maximum Gasteiger partial charge on any atom is 0.269 e. The lowest BCUT2D eigenvalue weighted by atomic mass is 10.00. The SMILES string of the molecule is Cc1nnsc1C(=O)Nc1cnc(N2CCC(C)CC2)nc1. The highest BCUT2D eigenvalue weighted by Crippen LogP contribution is 2.20. The summed E-state index contributed by atoms with van der Waals surface area (Å²) < 4.78 is 3.76. The van der Waals surface area contributed by atoms with Crippen molar-refractivity contribution in [1.29, 1.82) is 0 Å². The summed E-state index contributed by atoms with van der Waals surface area (Å²) in [6, 6.07) is 0. The Labute approximate surface area is 133 Å². The minimum absolute atomic E-state index is 0.226. The van der Waals surface area contributed by atoms with Gasteiger partial charge in [-0.2, -0.15) is 0 Å². The lowest BCUT2D eigenvalue weighted by Crippen LogP contribution is -2.34. The van der Waals surface area contributed by atoms with E-state index in [9.17, 15) is 4.79 Å². The van der Waals surface area contributed by atoms with E-state index in [1.54, 1.807) is 19.3 Å². The lowest BCUT2D eigenvalue weighted by molar-refractivity contribution is 0.102. The van der Waals surface area contributed by atoms with Crippen LogP contribution in [0.3, 0.4) is 0 Å². The van der Waals surface area contributed by atoms with Crippen molar-refractivity contribution in [1.82, 2.24) is 19.6 Å². The van der Waals surface area contributed by atoms with Crippen LogP contribution in [-0.4, -0.2) is 38.6 Å². The number of carbonyl (C=O) groups is 1. The van der Waals surface area contributed by atoms with E-state index >= 15 is 0 Å². The first-order valence-electron chi connectivity index (χ1n) is 7.31. The first-order valence-corrected chi connectivity index (χ1v) is 8.08. The molecular weight excluding hydrogens is 300 g/mol. The van der Waals surface area contributed by atoms with Gasteiger partial charge in [-0.05, 0) is 37.2 Å². The Bertz CT molecular complexity index is 648. The van der Waals surface area contributed by atoms with E-state index in [-0.39, 0.29) is 5.91 Å². The number of aryl methyl sites for hydroxylation is 1. The van der Waals surface area contributed by atoms with Gasteiger partial charge in [0.2, 0.25) is 5.95 Å². The maximum absolute atomic E-state index is 12.1. The summed E-state index contributed by atoms with van der Waals surface area (Å²) in [7, 11) is 0. The van der Waals surface area contributed by atoms with Crippen molar-refractivity contribution in [3.05, 3.63) is 23.0 Å². The van der Waals surface area contributed by atoms with Crippen LogP contribution in [0, 0.1) is 12.8 Å². The van der Waals surface area contributed by atoms with Crippen LogP contribution >= 0.6 is 11.5 Å². The average molecular weight is 318 g/mol. The second-order valence-electron chi connectivity index (χ2n) is 5.58. The number of anilines is 2. The van der Waals surface area contributed by atoms with Gasteiger partial charge in [0, 0.05) is 13.1 Å². The fraction of sp³-hybridized carbons (Fsp3) is 0.500. The number of piperidine rings is 1. The molecule has 0 aromatic carbocycles. The summed E-state index contributed by atoms with van der Waals surface area (Å²) in [4.78, 5) is 23.5. The summed E-state index contributed by atoms with van der Waals surface area (Å²) in [5.74, 6) is 1.27. The summed E-state index contributed by atoms with van der Waals surface area (Å²) in [6.07, 6.45) is 5.61. The van der Waals surface area contributed by atoms with Crippen LogP contribution in [0.2, 0.25) is 0 Å². The monoisotopic (exact) mass is 318 g/mol. The van der Waals surface area contributed by atoms with Crippen molar-refractivity contribution in [3.63, 3.8) is 0 Å². The molecular formula is C14H18N6OS.